The van der Waals surface area contributed by atoms with Gasteiger partial charge in [-0.2, -0.15) is 0 Å². The Morgan fingerprint density at radius 1 is 1.10 bits per heavy atom. The maximum Gasteiger partial charge on any atom is 0.268 e. The minimum absolute atomic E-state index is 0.0132. The average molecular weight is 421 g/mol. The van der Waals surface area contributed by atoms with Gasteiger partial charge < -0.3 is 14.8 Å². The van der Waals surface area contributed by atoms with E-state index in [9.17, 15) is 13.2 Å². The Bertz CT molecular complexity index is 959. The highest BCUT2D eigenvalue weighted by Crippen LogP contribution is 2.31. The minimum atomic E-state index is -4.06. The zero-order valence-electron chi connectivity index (χ0n) is 17.4. The number of sulfonamides is 1. The number of rotatable bonds is 9. The molecule has 0 fully saturated rings. The molecule has 0 aliphatic carbocycles. The molecule has 158 valence electrons. The van der Waals surface area contributed by atoms with Gasteiger partial charge in [0.05, 0.1) is 19.4 Å². The van der Waals surface area contributed by atoms with Gasteiger partial charge in [0.2, 0.25) is 5.91 Å². The van der Waals surface area contributed by atoms with E-state index in [1.807, 2.05) is 13.0 Å². The minimum Gasteiger partial charge on any atom is -0.495 e. The lowest BCUT2D eigenvalue weighted by Gasteiger charge is -2.26. The number of methoxy groups -OCH3 is 2. The maximum atomic E-state index is 13.6. The molecule has 1 atom stereocenters. The Balaban J connectivity index is 2.50. The summed E-state index contributed by atoms with van der Waals surface area (Å²) in [6.45, 7) is 5.42. The van der Waals surface area contributed by atoms with E-state index in [4.69, 9.17) is 9.47 Å². The molecular formula is C21H28N2O5S. The van der Waals surface area contributed by atoms with Crippen molar-refractivity contribution >= 4 is 21.6 Å². The highest BCUT2D eigenvalue weighted by Gasteiger charge is 2.30. The molecule has 7 nitrogen and oxygen atoms in total. The number of ether oxygens (including phenoxy) is 2. The van der Waals surface area contributed by atoms with Crippen molar-refractivity contribution in [1.82, 2.24) is 5.32 Å². The van der Waals surface area contributed by atoms with Crippen LogP contribution in [0.3, 0.4) is 0 Å². The summed E-state index contributed by atoms with van der Waals surface area (Å²) in [5.41, 5.74) is 2.06. The number of carbonyl (C=O) groups is 1. The third-order valence-corrected chi connectivity index (χ3v) is 6.08. The van der Waals surface area contributed by atoms with Gasteiger partial charge in [-0.05, 0) is 56.2 Å². The van der Waals surface area contributed by atoms with E-state index in [0.29, 0.717) is 12.3 Å². The third-order valence-electron chi connectivity index (χ3n) is 4.29. The van der Waals surface area contributed by atoms with Crippen molar-refractivity contribution in [3.63, 3.8) is 0 Å². The summed E-state index contributed by atoms with van der Waals surface area (Å²) in [5, 5.41) is 2.76. The van der Waals surface area contributed by atoms with Gasteiger partial charge in [-0.15, -0.1) is 0 Å². The molecule has 0 saturated heterocycles. The zero-order valence-corrected chi connectivity index (χ0v) is 18.2. The number of nitrogens with one attached hydrogen (secondary N) is 1. The predicted octanol–water partition coefficient (Wildman–Crippen LogP) is 2.66. The number of anilines is 1. The van der Waals surface area contributed by atoms with E-state index >= 15 is 0 Å². The van der Waals surface area contributed by atoms with Crippen LogP contribution in [0, 0.1) is 13.8 Å². The van der Waals surface area contributed by atoms with Crippen LogP contribution in [0.5, 0.6) is 5.75 Å². The van der Waals surface area contributed by atoms with Gasteiger partial charge in [0, 0.05) is 13.2 Å². The van der Waals surface area contributed by atoms with E-state index in [2.05, 4.69) is 5.32 Å². The lowest BCUT2D eigenvalue weighted by molar-refractivity contribution is -0.120. The molecule has 29 heavy (non-hydrogen) atoms. The van der Waals surface area contributed by atoms with Crippen molar-refractivity contribution in [1.29, 1.82) is 0 Å². The lowest BCUT2D eigenvalue weighted by atomic mass is 10.2. The first kappa shape index (κ1) is 22.7. The highest BCUT2D eigenvalue weighted by molar-refractivity contribution is 7.93. The Hall–Kier alpha value is -2.58. The number of hydrogen-bond acceptors (Lipinski definition) is 5. The molecular weight excluding hydrogens is 392 g/mol. The monoisotopic (exact) mass is 420 g/mol. The quantitative estimate of drug-likeness (QED) is 0.674. The predicted molar refractivity (Wildman–Crippen MR) is 113 cm³/mol. The lowest BCUT2D eigenvalue weighted by Crippen LogP contribution is -2.44. The van der Waals surface area contributed by atoms with Crippen molar-refractivity contribution in [3.05, 3.63) is 53.6 Å². The summed E-state index contributed by atoms with van der Waals surface area (Å²) < 4.78 is 38.5. The molecule has 0 bridgehead atoms. The second-order valence-corrected chi connectivity index (χ2v) is 8.76. The van der Waals surface area contributed by atoms with Crippen molar-refractivity contribution in [3.8, 4) is 5.75 Å². The van der Waals surface area contributed by atoms with E-state index < -0.39 is 15.9 Å². The van der Waals surface area contributed by atoms with E-state index in [1.165, 1.54) is 14.2 Å². The Kier molecular flexibility index (Phi) is 7.64. The number of hydrogen-bond donors (Lipinski definition) is 1. The second-order valence-electron chi connectivity index (χ2n) is 6.93. The molecule has 0 saturated carbocycles. The van der Waals surface area contributed by atoms with Crippen molar-refractivity contribution < 1.29 is 22.7 Å². The number of amides is 1. The van der Waals surface area contributed by atoms with Gasteiger partial charge >= 0.3 is 0 Å². The molecule has 0 heterocycles. The van der Waals surface area contributed by atoms with Crippen LogP contribution < -0.4 is 14.4 Å². The highest BCUT2D eigenvalue weighted by atomic mass is 32.2. The van der Waals surface area contributed by atoms with Gasteiger partial charge in [-0.1, -0.05) is 18.2 Å². The fourth-order valence-electron chi connectivity index (χ4n) is 2.94. The van der Waals surface area contributed by atoms with Crippen LogP contribution in [0.25, 0.3) is 0 Å². The Morgan fingerprint density at radius 3 is 2.41 bits per heavy atom. The fraction of sp³-hybridized carbons (Fsp3) is 0.381. The molecule has 1 N–H and O–H groups in total. The summed E-state index contributed by atoms with van der Waals surface area (Å²) in [4.78, 5) is 12.6. The van der Waals surface area contributed by atoms with Crippen molar-refractivity contribution in [2.24, 2.45) is 0 Å². The molecule has 2 aromatic carbocycles. The van der Waals surface area contributed by atoms with Crippen LogP contribution in [-0.4, -0.2) is 47.7 Å². The summed E-state index contributed by atoms with van der Waals surface area (Å²) >= 11 is 0. The van der Waals surface area contributed by atoms with Crippen LogP contribution >= 0.6 is 0 Å². The molecule has 0 spiro atoms. The topological polar surface area (TPSA) is 84.9 Å². The van der Waals surface area contributed by atoms with Crippen molar-refractivity contribution in [2.75, 3.05) is 31.7 Å². The maximum absolute atomic E-state index is 13.6. The molecule has 1 amide bonds. The number of nitrogens with zero attached hydrogens (tertiary/aromatic N) is 1. The normalized spacial score (nSPS) is 12.3. The molecule has 2 aromatic rings. The molecule has 0 radical (unpaired) electrons. The van der Waals surface area contributed by atoms with Gasteiger partial charge in [-0.3, -0.25) is 9.10 Å². The zero-order chi connectivity index (χ0) is 21.6. The number of carbonyl (C=O) groups excluding carboxylic acids is 1. The summed E-state index contributed by atoms with van der Waals surface area (Å²) in [6.07, 6.45) is 0. The summed E-state index contributed by atoms with van der Waals surface area (Å²) in [5.74, 6) is -0.201. The van der Waals surface area contributed by atoms with Gasteiger partial charge in [0.1, 0.15) is 17.2 Å². The molecule has 0 aromatic heterocycles. The Morgan fingerprint density at radius 2 is 1.79 bits per heavy atom. The first-order valence-corrected chi connectivity index (χ1v) is 10.7. The molecule has 2 rings (SSSR count). The summed E-state index contributed by atoms with van der Waals surface area (Å²) in [6, 6.07) is 11.7. The molecule has 0 unspecified atom stereocenters. The van der Waals surface area contributed by atoms with Crippen molar-refractivity contribution in [2.45, 2.75) is 31.7 Å². The van der Waals surface area contributed by atoms with Gasteiger partial charge in [0.15, 0.2) is 0 Å². The first-order chi connectivity index (χ1) is 13.7. The van der Waals surface area contributed by atoms with Crippen LogP contribution in [-0.2, 0) is 19.6 Å². The molecule has 8 heteroatoms. The standard InChI is InChI=1S/C21H28N2O5S/c1-15-7-6-8-18(11-15)23(13-21(24)22-17(3)14-27-4)29(25,26)20-12-16(2)9-10-19(20)28-5/h6-12,17H,13-14H2,1-5H3,(H,22,24)/t17-/m0/s1. The van der Waals surface area contributed by atoms with E-state index in [1.54, 1.807) is 50.2 Å². The fourth-order valence-corrected chi connectivity index (χ4v) is 4.60. The van der Waals surface area contributed by atoms with Crippen LogP contribution in [0.4, 0.5) is 5.69 Å². The molecule has 0 aliphatic heterocycles. The van der Waals surface area contributed by atoms with Gasteiger partial charge in [-0.25, -0.2) is 8.42 Å². The van der Waals surface area contributed by atoms with E-state index in [-0.39, 0.29) is 23.2 Å². The van der Waals surface area contributed by atoms with Crippen LogP contribution in [0.2, 0.25) is 0 Å². The molecule has 0 aliphatic rings. The smallest absolute Gasteiger partial charge is 0.268 e. The number of aryl methyl sites for hydroxylation is 2. The van der Waals surface area contributed by atoms with Crippen LogP contribution in [0.1, 0.15) is 18.1 Å². The largest absolute Gasteiger partial charge is 0.495 e. The number of benzene rings is 2. The average Bonchev–Trinajstić information content (AvgIpc) is 2.66. The summed E-state index contributed by atoms with van der Waals surface area (Å²) in [7, 11) is -1.11. The van der Waals surface area contributed by atoms with Gasteiger partial charge in [0.25, 0.3) is 10.0 Å². The second kappa shape index (κ2) is 9.76. The first-order valence-electron chi connectivity index (χ1n) is 9.21. The van der Waals surface area contributed by atoms with Crippen LogP contribution in [0.15, 0.2) is 47.4 Å². The Labute approximate surface area is 172 Å². The third kappa shape index (κ3) is 5.71. The SMILES string of the molecule is COC[C@H](C)NC(=O)CN(c1cccc(C)c1)S(=O)(=O)c1cc(C)ccc1OC. The van der Waals surface area contributed by atoms with E-state index in [0.717, 1.165) is 15.4 Å².